The first-order valence-electron chi connectivity index (χ1n) is 7.24. The Hall–Kier alpha value is -2.40. The summed E-state index contributed by atoms with van der Waals surface area (Å²) in [7, 11) is 3.38. The van der Waals surface area contributed by atoms with Crippen LogP contribution in [0.1, 0.15) is 11.4 Å². The van der Waals surface area contributed by atoms with Crippen LogP contribution in [0.5, 0.6) is 5.75 Å². The molecule has 22 heavy (non-hydrogen) atoms. The fraction of sp³-hybridized carbons (Fsp3) is 0.294. The van der Waals surface area contributed by atoms with Crippen molar-refractivity contribution in [1.82, 2.24) is 14.5 Å². The van der Waals surface area contributed by atoms with Gasteiger partial charge in [0, 0.05) is 26.3 Å². The third-order valence-electron chi connectivity index (χ3n) is 3.60. The molecule has 0 saturated heterocycles. The lowest BCUT2D eigenvalue weighted by Crippen LogP contribution is -2.09. The summed E-state index contributed by atoms with van der Waals surface area (Å²) in [5.41, 5.74) is 2.97. The van der Waals surface area contributed by atoms with Crippen LogP contribution < -0.4 is 4.74 Å². The van der Waals surface area contributed by atoms with Crippen molar-refractivity contribution in [3.8, 4) is 5.75 Å². The van der Waals surface area contributed by atoms with Gasteiger partial charge in [0.2, 0.25) is 0 Å². The van der Waals surface area contributed by atoms with Crippen LogP contribution in [0, 0.1) is 0 Å². The lowest BCUT2D eigenvalue weighted by Gasteiger charge is -2.09. The van der Waals surface area contributed by atoms with Crippen molar-refractivity contribution in [2.75, 3.05) is 20.8 Å². The van der Waals surface area contributed by atoms with Gasteiger partial charge in [-0.25, -0.2) is 9.97 Å². The molecular formula is C17H19N3O2. The van der Waals surface area contributed by atoms with E-state index in [2.05, 4.69) is 15.6 Å². The number of imidazole rings is 1. The highest BCUT2D eigenvalue weighted by Crippen LogP contribution is 2.19. The fourth-order valence-corrected chi connectivity index (χ4v) is 2.52. The van der Waals surface area contributed by atoms with E-state index in [1.807, 2.05) is 30.3 Å². The molecule has 2 aromatic heterocycles. The summed E-state index contributed by atoms with van der Waals surface area (Å²) in [6.45, 7) is 1.37. The Morgan fingerprint density at radius 3 is 2.86 bits per heavy atom. The molecule has 3 aromatic rings. The monoisotopic (exact) mass is 297 g/mol. The molecule has 0 unspecified atom stereocenters. The zero-order chi connectivity index (χ0) is 15.4. The Labute approximate surface area is 129 Å². The zero-order valence-electron chi connectivity index (χ0n) is 12.8. The molecule has 5 nitrogen and oxygen atoms in total. The quantitative estimate of drug-likeness (QED) is 0.702. The Kier molecular flexibility index (Phi) is 4.34. The van der Waals surface area contributed by atoms with E-state index >= 15 is 0 Å². The predicted molar refractivity (Wildman–Crippen MR) is 85.2 cm³/mol. The fourth-order valence-electron chi connectivity index (χ4n) is 2.52. The average Bonchev–Trinajstić information content (AvgIpc) is 2.90. The van der Waals surface area contributed by atoms with E-state index in [-0.39, 0.29) is 0 Å². The first kappa shape index (κ1) is 14.5. The molecule has 2 heterocycles. The molecule has 0 atom stereocenters. The Morgan fingerprint density at radius 1 is 1.14 bits per heavy atom. The topological polar surface area (TPSA) is 49.2 Å². The van der Waals surface area contributed by atoms with Gasteiger partial charge in [-0.2, -0.15) is 0 Å². The summed E-state index contributed by atoms with van der Waals surface area (Å²) in [5, 5.41) is 0. The van der Waals surface area contributed by atoms with Crippen molar-refractivity contribution in [2.24, 2.45) is 0 Å². The summed E-state index contributed by atoms with van der Waals surface area (Å²) in [4.78, 5) is 9.17. The normalized spacial score (nSPS) is 11.0. The van der Waals surface area contributed by atoms with Gasteiger partial charge in [-0.15, -0.1) is 0 Å². The smallest absolute Gasteiger partial charge is 0.160 e. The number of hydrogen-bond donors (Lipinski definition) is 0. The molecule has 0 aliphatic carbocycles. The minimum Gasteiger partial charge on any atom is -0.497 e. The van der Waals surface area contributed by atoms with Crippen LogP contribution in [0.15, 0.2) is 42.6 Å². The Morgan fingerprint density at radius 2 is 2.05 bits per heavy atom. The van der Waals surface area contributed by atoms with Gasteiger partial charge in [-0.05, 0) is 29.8 Å². The molecule has 0 spiro atoms. The number of hydrogen-bond acceptors (Lipinski definition) is 4. The maximum absolute atomic E-state index is 5.29. The molecule has 0 radical (unpaired) electrons. The summed E-state index contributed by atoms with van der Waals surface area (Å²) >= 11 is 0. The van der Waals surface area contributed by atoms with Crippen LogP contribution >= 0.6 is 0 Å². The van der Waals surface area contributed by atoms with Crippen LogP contribution in [0.2, 0.25) is 0 Å². The number of aromatic nitrogens is 3. The molecule has 1 aromatic carbocycles. The van der Waals surface area contributed by atoms with Gasteiger partial charge in [-0.3, -0.25) is 0 Å². The molecule has 0 N–H and O–H groups in total. The van der Waals surface area contributed by atoms with E-state index in [1.165, 1.54) is 0 Å². The van der Waals surface area contributed by atoms with Crippen molar-refractivity contribution in [3.05, 3.63) is 54.0 Å². The van der Waals surface area contributed by atoms with Crippen molar-refractivity contribution in [1.29, 1.82) is 0 Å². The van der Waals surface area contributed by atoms with E-state index in [1.54, 1.807) is 20.4 Å². The lowest BCUT2D eigenvalue weighted by atomic mass is 10.1. The number of pyridine rings is 1. The van der Waals surface area contributed by atoms with E-state index in [0.29, 0.717) is 6.61 Å². The molecule has 0 aliphatic rings. The largest absolute Gasteiger partial charge is 0.497 e. The molecule has 0 saturated carbocycles. The van der Waals surface area contributed by atoms with Crippen molar-refractivity contribution < 1.29 is 9.47 Å². The van der Waals surface area contributed by atoms with Crippen LogP contribution in [-0.2, 0) is 17.7 Å². The van der Waals surface area contributed by atoms with Crippen molar-refractivity contribution in [3.63, 3.8) is 0 Å². The highest BCUT2D eigenvalue weighted by Gasteiger charge is 2.12. The van der Waals surface area contributed by atoms with Crippen LogP contribution in [-0.4, -0.2) is 35.4 Å². The second kappa shape index (κ2) is 6.58. The first-order valence-corrected chi connectivity index (χ1v) is 7.24. The van der Waals surface area contributed by atoms with E-state index in [9.17, 15) is 0 Å². The van der Waals surface area contributed by atoms with Crippen molar-refractivity contribution >= 4 is 11.2 Å². The highest BCUT2D eigenvalue weighted by molar-refractivity contribution is 5.71. The minimum absolute atomic E-state index is 0.632. The summed E-state index contributed by atoms with van der Waals surface area (Å²) in [6.07, 6.45) is 2.53. The van der Waals surface area contributed by atoms with Crippen LogP contribution in [0.25, 0.3) is 11.2 Å². The average molecular weight is 297 g/mol. The second-order valence-corrected chi connectivity index (χ2v) is 5.05. The van der Waals surface area contributed by atoms with Crippen LogP contribution in [0.3, 0.4) is 0 Å². The van der Waals surface area contributed by atoms with E-state index in [0.717, 1.165) is 41.3 Å². The Bertz CT molecular complexity index is 767. The maximum Gasteiger partial charge on any atom is 0.160 e. The van der Waals surface area contributed by atoms with Gasteiger partial charge < -0.3 is 14.0 Å². The number of fused-ring (bicyclic) bond motifs is 1. The molecule has 114 valence electrons. The number of rotatable bonds is 6. The minimum atomic E-state index is 0.632. The summed E-state index contributed by atoms with van der Waals surface area (Å²) in [6, 6.07) is 11.9. The SMILES string of the molecule is COCCn1c(Cc2cccc(OC)c2)nc2cccnc21. The lowest BCUT2D eigenvalue weighted by molar-refractivity contribution is 0.187. The molecular weight excluding hydrogens is 278 g/mol. The van der Waals surface area contributed by atoms with Crippen LogP contribution in [0.4, 0.5) is 0 Å². The van der Waals surface area contributed by atoms with E-state index < -0.39 is 0 Å². The standard InChI is InChI=1S/C17H19N3O2/c1-21-10-9-20-16(19-15-7-4-8-18-17(15)20)12-13-5-3-6-14(11-13)22-2/h3-8,11H,9-10,12H2,1-2H3. The van der Waals surface area contributed by atoms with Gasteiger partial charge >= 0.3 is 0 Å². The number of ether oxygens (including phenoxy) is 2. The van der Waals surface area contributed by atoms with Gasteiger partial charge in [0.25, 0.3) is 0 Å². The first-order chi connectivity index (χ1) is 10.8. The van der Waals surface area contributed by atoms with Gasteiger partial charge in [-0.1, -0.05) is 12.1 Å². The number of nitrogens with zero attached hydrogens (tertiary/aromatic N) is 3. The van der Waals surface area contributed by atoms with E-state index in [4.69, 9.17) is 14.5 Å². The predicted octanol–water partition coefficient (Wildman–Crippen LogP) is 2.68. The van der Waals surface area contributed by atoms with Gasteiger partial charge in [0.05, 0.1) is 13.7 Å². The molecule has 0 bridgehead atoms. The molecule has 5 heteroatoms. The molecule has 0 amide bonds. The van der Waals surface area contributed by atoms with Gasteiger partial charge in [0.1, 0.15) is 17.1 Å². The summed E-state index contributed by atoms with van der Waals surface area (Å²) < 4.78 is 12.6. The maximum atomic E-state index is 5.29. The number of benzene rings is 1. The second-order valence-electron chi connectivity index (χ2n) is 5.05. The third kappa shape index (κ3) is 2.94. The highest BCUT2D eigenvalue weighted by atomic mass is 16.5. The van der Waals surface area contributed by atoms with Gasteiger partial charge in [0.15, 0.2) is 5.65 Å². The zero-order valence-corrected chi connectivity index (χ0v) is 12.8. The van der Waals surface area contributed by atoms with Crippen molar-refractivity contribution in [2.45, 2.75) is 13.0 Å². The summed E-state index contributed by atoms with van der Waals surface area (Å²) in [5.74, 6) is 1.84. The molecule has 3 rings (SSSR count). The third-order valence-corrected chi connectivity index (χ3v) is 3.60. The number of methoxy groups -OCH3 is 2. The molecule has 0 fully saturated rings. The Balaban J connectivity index is 1.97. The molecule has 0 aliphatic heterocycles.